The molecular formula is C21H17F6NO4. The molecule has 5 nitrogen and oxygen atoms in total. The Kier molecular flexibility index (Phi) is 6.58. The molecule has 3 rings (SSSR count). The number of halogens is 6. The van der Waals surface area contributed by atoms with Crippen molar-refractivity contribution in [1.82, 2.24) is 0 Å². The average Bonchev–Trinajstić information content (AvgIpc) is 2.70. The van der Waals surface area contributed by atoms with E-state index < -0.39 is 30.0 Å². The van der Waals surface area contributed by atoms with Crippen molar-refractivity contribution in [3.05, 3.63) is 72.3 Å². The Morgan fingerprint density at radius 2 is 1.12 bits per heavy atom. The van der Waals surface area contributed by atoms with E-state index in [1.165, 1.54) is 24.3 Å². The fourth-order valence-electron chi connectivity index (χ4n) is 2.78. The van der Waals surface area contributed by atoms with Crippen molar-refractivity contribution in [2.24, 2.45) is 5.73 Å². The van der Waals surface area contributed by atoms with Gasteiger partial charge in [-0.1, -0.05) is 12.2 Å². The van der Waals surface area contributed by atoms with Gasteiger partial charge in [-0.2, -0.15) is 0 Å². The van der Waals surface area contributed by atoms with Gasteiger partial charge in [-0.05, 0) is 54.1 Å². The third-order valence-corrected chi connectivity index (χ3v) is 4.13. The lowest BCUT2D eigenvalue weighted by molar-refractivity contribution is -0.275. The van der Waals surface area contributed by atoms with Crippen LogP contribution >= 0.6 is 0 Å². The zero-order valence-electron chi connectivity index (χ0n) is 16.2. The third-order valence-electron chi connectivity index (χ3n) is 4.13. The van der Waals surface area contributed by atoms with Gasteiger partial charge in [-0.3, -0.25) is 0 Å². The van der Waals surface area contributed by atoms with Gasteiger partial charge in [-0.15, -0.1) is 26.3 Å². The lowest BCUT2D eigenvalue weighted by Crippen LogP contribution is -2.41. The van der Waals surface area contributed by atoms with Gasteiger partial charge in [0.25, 0.3) is 5.79 Å². The number of nitrogens with two attached hydrogens (primary N) is 1. The predicted octanol–water partition coefficient (Wildman–Crippen LogP) is 5.48. The molecule has 0 aromatic heterocycles. The highest BCUT2D eigenvalue weighted by molar-refractivity contribution is 5.36. The molecule has 0 aliphatic heterocycles. The monoisotopic (exact) mass is 461 g/mol. The summed E-state index contributed by atoms with van der Waals surface area (Å²) in [5.41, 5.74) is 6.42. The topological polar surface area (TPSA) is 62.9 Å². The van der Waals surface area contributed by atoms with Gasteiger partial charge in [0.05, 0.1) is 0 Å². The van der Waals surface area contributed by atoms with Gasteiger partial charge in [-0.25, -0.2) is 0 Å². The van der Waals surface area contributed by atoms with E-state index in [-0.39, 0.29) is 24.5 Å². The number of hydrogen-bond donors (Lipinski definition) is 1. The van der Waals surface area contributed by atoms with Gasteiger partial charge in [0, 0.05) is 19.0 Å². The highest BCUT2D eigenvalue weighted by atomic mass is 19.4. The Hall–Kier alpha value is -3.34. The quantitative estimate of drug-likeness (QED) is 0.437. The third kappa shape index (κ3) is 6.84. The molecule has 0 bridgehead atoms. The zero-order chi connectivity index (χ0) is 23.4. The summed E-state index contributed by atoms with van der Waals surface area (Å²) in [7, 11) is 0. The average molecular weight is 461 g/mol. The molecular weight excluding hydrogens is 444 g/mol. The molecule has 172 valence electrons. The molecule has 0 unspecified atom stereocenters. The van der Waals surface area contributed by atoms with Gasteiger partial charge < -0.3 is 24.7 Å². The summed E-state index contributed by atoms with van der Waals surface area (Å²) in [6.45, 7) is 0.263. The van der Waals surface area contributed by atoms with E-state index in [2.05, 4.69) is 9.47 Å². The summed E-state index contributed by atoms with van der Waals surface area (Å²) in [4.78, 5) is 0. The van der Waals surface area contributed by atoms with E-state index in [1.807, 2.05) is 0 Å². The van der Waals surface area contributed by atoms with Gasteiger partial charge in [0.2, 0.25) is 0 Å². The van der Waals surface area contributed by atoms with E-state index in [0.29, 0.717) is 0 Å². The standard InChI is InChI=1S/C21H17F6NO4/c22-20(23,24)31-17-5-1-15(2-6-17)29-19(11-9-14(13-28)10-12-19)30-16-3-7-18(8-4-16)32-21(25,26)27/h1-11H,12-13,28H2. The second-order valence-corrected chi connectivity index (χ2v) is 6.57. The lowest BCUT2D eigenvalue weighted by atomic mass is 10.0. The summed E-state index contributed by atoms with van der Waals surface area (Å²) < 4.78 is 93.5. The van der Waals surface area contributed by atoms with Crippen LogP contribution < -0.4 is 24.7 Å². The van der Waals surface area contributed by atoms with E-state index in [4.69, 9.17) is 15.2 Å². The van der Waals surface area contributed by atoms with E-state index in [9.17, 15) is 26.3 Å². The number of hydrogen-bond acceptors (Lipinski definition) is 5. The van der Waals surface area contributed by atoms with Crippen molar-refractivity contribution >= 4 is 0 Å². The van der Waals surface area contributed by atoms with Crippen LogP contribution in [0.1, 0.15) is 6.42 Å². The Morgan fingerprint density at radius 1 is 0.719 bits per heavy atom. The summed E-state index contributed by atoms with van der Waals surface area (Å²) in [5, 5.41) is 0. The van der Waals surface area contributed by atoms with E-state index in [0.717, 1.165) is 29.8 Å². The minimum atomic E-state index is -4.83. The first kappa shape index (κ1) is 23.3. The van der Waals surface area contributed by atoms with Crippen molar-refractivity contribution in [1.29, 1.82) is 0 Å². The van der Waals surface area contributed by atoms with E-state index in [1.54, 1.807) is 18.2 Å². The van der Waals surface area contributed by atoms with Crippen molar-refractivity contribution in [2.75, 3.05) is 6.54 Å². The van der Waals surface area contributed by atoms with Gasteiger partial charge >= 0.3 is 12.7 Å². The maximum atomic E-state index is 12.3. The van der Waals surface area contributed by atoms with Crippen LogP contribution in [0.5, 0.6) is 23.0 Å². The number of rotatable bonds is 7. The second kappa shape index (κ2) is 9.03. The molecule has 2 aromatic carbocycles. The van der Waals surface area contributed by atoms with Crippen molar-refractivity contribution in [3.63, 3.8) is 0 Å². The Labute approximate surface area is 178 Å². The summed E-state index contributed by atoms with van der Waals surface area (Å²) in [6.07, 6.45) is -4.50. The molecule has 0 amide bonds. The van der Waals surface area contributed by atoms with Gasteiger partial charge in [0.1, 0.15) is 23.0 Å². The van der Waals surface area contributed by atoms with Crippen LogP contribution in [-0.2, 0) is 0 Å². The Morgan fingerprint density at radius 3 is 1.44 bits per heavy atom. The van der Waals surface area contributed by atoms with Crippen molar-refractivity contribution < 1.29 is 45.3 Å². The van der Waals surface area contributed by atoms with Gasteiger partial charge in [0.15, 0.2) is 0 Å². The Bertz CT molecular complexity index is 904. The maximum Gasteiger partial charge on any atom is 0.573 e. The largest absolute Gasteiger partial charge is 0.573 e. The zero-order valence-corrected chi connectivity index (χ0v) is 16.2. The molecule has 1 aliphatic carbocycles. The number of alkyl halides is 6. The lowest BCUT2D eigenvalue weighted by Gasteiger charge is -2.33. The molecule has 0 fully saturated rings. The van der Waals surface area contributed by atoms with Crippen molar-refractivity contribution in [2.45, 2.75) is 24.9 Å². The molecule has 2 aromatic rings. The second-order valence-electron chi connectivity index (χ2n) is 6.57. The molecule has 0 atom stereocenters. The Balaban J connectivity index is 1.78. The molecule has 2 N–H and O–H groups in total. The van der Waals surface area contributed by atoms with Crippen LogP contribution in [0.3, 0.4) is 0 Å². The fraction of sp³-hybridized carbons (Fsp3) is 0.238. The minimum Gasteiger partial charge on any atom is -0.448 e. The first-order chi connectivity index (χ1) is 15.0. The maximum absolute atomic E-state index is 12.3. The molecule has 0 heterocycles. The molecule has 11 heteroatoms. The molecule has 1 aliphatic rings. The van der Waals surface area contributed by atoms with Crippen LogP contribution in [0, 0.1) is 0 Å². The first-order valence-corrected chi connectivity index (χ1v) is 9.13. The number of benzene rings is 2. The van der Waals surface area contributed by atoms with Crippen LogP contribution in [0.25, 0.3) is 0 Å². The molecule has 0 saturated heterocycles. The highest BCUT2D eigenvalue weighted by Crippen LogP contribution is 2.33. The molecule has 0 saturated carbocycles. The van der Waals surface area contributed by atoms with Crippen LogP contribution in [-0.4, -0.2) is 25.1 Å². The summed E-state index contributed by atoms with van der Waals surface area (Å²) in [5.74, 6) is -1.93. The van der Waals surface area contributed by atoms with Crippen LogP contribution in [0.2, 0.25) is 0 Å². The highest BCUT2D eigenvalue weighted by Gasteiger charge is 2.35. The first-order valence-electron chi connectivity index (χ1n) is 9.13. The molecule has 0 spiro atoms. The minimum absolute atomic E-state index is 0.172. The van der Waals surface area contributed by atoms with Crippen LogP contribution in [0.4, 0.5) is 26.3 Å². The smallest absolute Gasteiger partial charge is 0.448 e. The SMILES string of the molecule is NCC1=CCC(Oc2ccc(OC(F)(F)F)cc2)(Oc2ccc(OC(F)(F)F)cc2)C=C1. The fourth-order valence-corrected chi connectivity index (χ4v) is 2.78. The molecule has 32 heavy (non-hydrogen) atoms. The van der Waals surface area contributed by atoms with E-state index >= 15 is 0 Å². The molecule has 0 radical (unpaired) electrons. The summed E-state index contributed by atoms with van der Waals surface area (Å²) >= 11 is 0. The van der Waals surface area contributed by atoms with Crippen LogP contribution in [0.15, 0.2) is 72.3 Å². The summed E-state index contributed by atoms with van der Waals surface area (Å²) in [6, 6.07) is 9.37. The normalized spacial score (nSPS) is 15.7. The predicted molar refractivity (Wildman–Crippen MR) is 101 cm³/mol. The number of ether oxygens (including phenoxy) is 4. The van der Waals surface area contributed by atoms with Crippen molar-refractivity contribution in [3.8, 4) is 23.0 Å².